The summed E-state index contributed by atoms with van der Waals surface area (Å²) in [7, 11) is 0. The molecule has 4 heterocycles. The lowest BCUT2D eigenvalue weighted by Gasteiger charge is -2.23. The molecule has 1 saturated heterocycles. The Morgan fingerprint density at radius 1 is 1.26 bits per heavy atom. The molecular weight excluding hydrogens is 462 g/mol. The third-order valence-corrected chi connectivity index (χ3v) is 7.54. The Labute approximate surface area is 210 Å². The number of amides is 1. The predicted molar refractivity (Wildman–Crippen MR) is 140 cm³/mol. The maximum Gasteiger partial charge on any atom is 0.261 e. The van der Waals surface area contributed by atoms with E-state index in [1.165, 1.54) is 30.5 Å². The summed E-state index contributed by atoms with van der Waals surface area (Å²) >= 11 is 1.40. The Bertz CT molecular complexity index is 1130. The summed E-state index contributed by atoms with van der Waals surface area (Å²) in [5.41, 5.74) is 1.61. The zero-order chi connectivity index (χ0) is 24.6. The van der Waals surface area contributed by atoms with E-state index >= 15 is 0 Å². The van der Waals surface area contributed by atoms with E-state index in [1.54, 1.807) is 6.20 Å². The van der Waals surface area contributed by atoms with Crippen LogP contribution in [0.25, 0.3) is 10.2 Å². The molecular formula is C26H35N5O3S. The van der Waals surface area contributed by atoms with Crippen LogP contribution in [0.5, 0.6) is 5.88 Å². The van der Waals surface area contributed by atoms with E-state index in [2.05, 4.69) is 39.4 Å². The second-order valence-corrected chi connectivity index (χ2v) is 10.2. The van der Waals surface area contributed by atoms with Crippen molar-refractivity contribution in [3.8, 4) is 5.88 Å². The molecule has 8 nitrogen and oxygen atoms in total. The van der Waals surface area contributed by atoms with Crippen LogP contribution < -0.4 is 15.4 Å². The highest BCUT2D eigenvalue weighted by atomic mass is 32.1. The summed E-state index contributed by atoms with van der Waals surface area (Å²) in [5.74, 6) is 1.82. The molecule has 1 aliphatic rings. The van der Waals surface area contributed by atoms with Gasteiger partial charge in [0.2, 0.25) is 5.88 Å². The minimum atomic E-state index is -0.0514. The van der Waals surface area contributed by atoms with Crippen molar-refractivity contribution in [3.05, 3.63) is 35.1 Å². The lowest BCUT2D eigenvalue weighted by atomic mass is 10.0. The molecule has 1 aliphatic heterocycles. The fourth-order valence-electron chi connectivity index (χ4n) is 4.41. The van der Waals surface area contributed by atoms with Gasteiger partial charge in [0.1, 0.15) is 28.8 Å². The largest absolute Gasteiger partial charge is 0.473 e. The van der Waals surface area contributed by atoms with E-state index in [0.717, 1.165) is 47.2 Å². The molecule has 0 bridgehead atoms. The molecule has 4 rings (SSSR count). The van der Waals surface area contributed by atoms with Gasteiger partial charge in [-0.3, -0.25) is 4.79 Å². The number of aryl methyl sites for hydroxylation is 1. The number of nitrogens with one attached hydrogen (secondary N) is 2. The van der Waals surface area contributed by atoms with Gasteiger partial charge < -0.3 is 20.1 Å². The zero-order valence-corrected chi connectivity index (χ0v) is 21.6. The Kier molecular flexibility index (Phi) is 8.87. The highest BCUT2D eigenvalue weighted by Crippen LogP contribution is 2.36. The molecule has 2 N–H and O–H groups in total. The van der Waals surface area contributed by atoms with E-state index in [4.69, 9.17) is 9.47 Å². The highest BCUT2D eigenvalue weighted by Gasteiger charge is 2.21. The van der Waals surface area contributed by atoms with Crippen LogP contribution in [0.4, 0.5) is 11.5 Å². The van der Waals surface area contributed by atoms with Crippen molar-refractivity contribution >= 4 is 39.0 Å². The number of nitrogens with zero attached hydrogens (tertiary/aromatic N) is 3. The lowest BCUT2D eigenvalue weighted by molar-refractivity contribution is 0.0240. The first kappa shape index (κ1) is 25.3. The van der Waals surface area contributed by atoms with Crippen molar-refractivity contribution in [1.82, 2.24) is 20.3 Å². The van der Waals surface area contributed by atoms with Crippen LogP contribution in [0.2, 0.25) is 0 Å². The van der Waals surface area contributed by atoms with Gasteiger partial charge in [-0.15, -0.1) is 11.3 Å². The van der Waals surface area contributed by atoms with Crippen LogP contribution in [0.3, 0.4) is 0 Å². The van der Waals surface area contributed by atoms with Crippen molar-refractivity contribution < 1.29 is 14.3 Å². The van der Waals surface area contributed by atoms with E-state index in [0.29, 0.717) is 42.3 Å². The number of hydrogen-bond donors (Lipinski definition) is 2. The van der Waals surface area contributed by atoms with Gasteiger partial charge >= 0.3 is 0 Å². The first-order valence-electron chi connectivity index (χ1n) is 12.6. The van der Waals surface area contributed by atoms with E-state index < -0.39 is 0 Å². The molecule has 188 valence electrons. The van der Waals surface area contributed by atoms with Gasteiger partial charge in [-0.25, -0.2) is 15.0 Å². The van der Waals surface area contributed by atoms with Crippen LogP contribution >= 0.6 is 11.3 Å². The summed E-state index contributed by atoms with van der Waals surface area (Å²) in [6.07, 6.45) is 9.55. The van der Waals surface area contributed by atoms with Crippen molar-refractivity contribution in [2.24, 2.45) is 5.92 Å². The number of carbonyl (C=O) groups is 1. The van der Waals surface area contributed by atoms with Crippen LogP contribution in [-0.4, -0.2) is 46.7 Å². The Hall–Kier alpha value is -2.78. The number of ether oxygens (including phenoxy) is 2. The summed E-state index contributed by atoms with van der Waals surface area (Å²) in [6, 6.07) is 3.78. The smallest absolute Gasteiger partial charge is 0.261 e. The minimum Gasteiger partial charge on any atom is -0.473 e. The lowest BCUT2D eigenvalue weighted by Crippen LogP contribution is -2.26. The van der Waals surface area contributed by atoms with Gasteiger partial charge in [0.05, 0.1) is 23.5 Å². The number of pyridine rings is 1. The number of hydrogen-bond acceptors (Lipinski definition) is 8. The molecule has 0 saturated carbocycles. The monoisotopic (exact) mass is 497 g/mol. The molecule has 3 aromatic heterocycles. The summed E-state index contributed by atoms with van der Waals surface area (Å²) in [5, 5.41) is 7.31. The van der Waals surface area contributed by atoms with Crippen LogP contribution in [0.15, 0.2) is 24.7 Å². The van der Waals surface area contributed by atoms with Crippen LogP contribution in [0, 0.1) is 12.8 Å². The molecule has 3 aromatic rings. The molecule has 1 fully saturated rings. The number of rotatable bonds is 11. The van der Waals surface area contributed by atoms with E-state index in [-0.39, 0.29) is 12.0 Å². The number of anilines is 2. The fourth-order valence-corrected chi connectivity index (χ4v) is 5.48. The van der Waals surface area contributed by atoms with Gasteiger partial charge in [0.25, 0.3) is 5.91 Å². The number of thiophene rings is 1. The third kappa shape index (κ3) is 6.46. The average molecular weight is 498 g/mol. The molecule has 0 spiro atoms. The SMILES string of the molecule is CCCC(C)CCCNC(=O)c1sc2ncnc(Nc3cccnc3OC3CCOCC3)c2c1C. The Morgan fingerprint density at radius 3 is 2.89 bits per heavy atom. The van der Waals surface area contributed by atoms with Gasteiger partial charge in [0.15, 0.2) is 0 Å². The fraction of sp³-hybridized carbons (Fsp3) is 0.538. The predicted octanol–water partition coefficient (Wildman–Crippen LogP) is 5.64. The van der Waals surface area contributed by atoms with Crippen molar-refractivity contribution in [3.63, 3.8) is 0 Å². The molecule has 0 aliphatic carbocycles. The average Bonchev–Trinajstić information content (AvgIpc) is 3.21. The Balaban J connectivity index is 1.48. The van der Waals surface area contributed by atoms with Gasteiger partial charge in [0, 0.05) is 25.6 Å². The number of fused-ring (bicyclic) bond motifs is 1. The van der Waals surface area contributed by atoms with Crippen molar-refractivity contribution in [2.75, 3.05) is 25.1 Å². The van der Waals surface area contributed by atoms with E-state index in [1.807, 2.05) is 19.1 Å². The number of carbonyl (C=O) groups excluding carboxylic acids is 1. The molecule has 9 heteroatoms. The minimum absolute atomic E-state index is 0.0514. The second-order valence-electron chi connectivity index (χ2n) is 9.16. The second kappa shape index (κ2) is 12.3. The zero-order valence-electron chi connectivity index (χ0n) is 20.8. The molecule has 1 unspecified atom stereocenters. The maximum absolute atomic E-state index is 12.9. The molecule has 1 amide bonds. The quantitative estimate of drug-likeness (QED) is 0.331. The Morgan fingerprint density at radius 2 is 2.09 bits per heavy atom. The van der Waals surface area contributed by atoms with Crippen molar-refractivity contribution in [1.29, 1.82) is 0 Å². The van der Waals surface area contributed by atoms with Crippen LogP contribution in [-0.2, 0) is 4.74 Å². The number of aromatic nitrogens is 3. The maximum atomic E-state index is 12.9. The van der Waals surface area contributed by atoms with Crippen molar-refractivity contribution in [2.45, 2.75) is 65.4 Å². The van der Waals surface area contributed by atoms with Gasteiger partial charge in [-0.05, 0) is 43.4 Å². The summed E-state index contributed by atoms with van der Waals surface area (Å²) in [6.45, 7) is 8.51. The normalized spacial score (nSPS) is 15.2. The van der Waals surface area contributed by atoms with Gasteiger partial charge in [-0.1, -0.05) is 26.7 Å². The molecule has 0 aromatic carbocycles. The summed E-state index contributed by atoms with van der Waals surface area (Å²) < 4.78 is 11.6. The van der Waals surface area contributed by atoms with Crippen LogP contribution in [0.1, 0.15) is 67.6 Å². The standard InChI is InChI=1S/C26H35N5O3S/c1-4-7-17(2)8-5-12-27-24(32)22-18(3)21-23(29-16-30-26(21)35-22)31-20-9-6-13-28-25(20)34-19-10-14-33-15-11-19/h6,9,13,16-17,19H,4-5,7-8,10-12,14-15H2,1-3H3,(H,27,32)(H,29,30,31). The van der Waals surface area contributed by atoms with E-state index in [9.17, 15) is 4.79 Å². The third-order valence-electron chi connectivity index (χ3n) is 6.34. The molecule has 35 heavy (non-hydrogen) atoms. The highest BCUT2D eigenvalue weighted by molar-refractivity contribution is 7.20. The molecule has 0 radical (unpaired) electrons. The summed E-state index contributed by atoms with van der Waals surface area (Å²) in [4.78, 5) is 27.7. The first-order chi connectivity index (χ1) is 17.1. The topological polar surface area (TPSA) is 98.3 Å². The molecule has 1 atom stereocenters. The first-order valence-corrected chi connectivity index (χ1v) is 13.4. The van der Waals surface area contributed by atoms with Gasteiger partial charge in [-0.2, -0.15) is 0 Å².